The summed E-state index contributed by atoms with van der Waals surface area (Å²) in [5, 5.41) is 3.42. The van der Waals surface area contributed by atoms with E-state index in [1.54, 1.807) is 0 Å². The molecule has 11 heavy (non-hydrogen) atoms. The lowest BCUT2D eigenvalue weighted by Crippen LogP contribution is -2.49. The van der Waals surface area contributed by atoms with E-state index < -0.39 is 0 Å². The van der Waals surface area contributed by atoms with Gasteiger partial charge in [-0.3, -0.25) is 0 Å². The third-order valence-corrected chi connectivity index (χ3v) is 2.13. The normalized spacial score (nSPS) is 27.3. The minimum Gasteiger partial charge on any atom is -0.330 e. The van der Waals surface area contributed by atoms with Crippen molar-refractivity contribution < 1.29 is 0 Å². The predicted molar refractivity (Wildman–Crippen MR) is 47.6 cm³/mol. The van der Waals surface area contributed by atoms with Gasteiger partial charge in [0.15, 0.2) is 0 Å². The van der Waals surface area contributed by atoms with E-state index in [9.17, 15) is 0 Å². The average Bonchev–Trinajstić information content (AvgIpc) is 2.01. The van der Waals surface area contributed by atoms with Gasteiger partial charge in [-0.25, -0.2) is 0 Å². The Morgan fingerprint density at radius 3 is 3.09 bits per heavy atom. The monoisotopic (exact) mass is 157 g/mol. The molecule has 1 heterocycles. The highest BCUT2D eigenvalue weighted by Gasteiger charge is 2.13. The number of hydrogen-bond acceptors (Lipinski definition) is 3. The molecule has 0 aromatic carbocycles. The Balaban J connectivity index is 2.12. The zero-order valence-electron chi connectivity index (χ0n) is 7.34. The zero-order chi connectivity index (χ0) is 8.10. The maximum absolute atomic E-state index is 5.44. The first-order valence-corrected chi connectivity index (χ1v) is 4.48. The molecule has 0 amide bonds. The second-order valence-electron chi connectivity index (χ2n) is 3.30. The van der Waals surface area contributed by atoms with E-state index in [4.69, 9.17) is 5.73 Å². The summed E-state index contributed by atoms with van der Waals surface area (Å²) in [6.45, 7) is 7.71. The zero-order valence-corrected chi connectivity index (χ0v) is 7.34. The summed E-state index contributed by atoms with van der Waals surface area (Å²) in [4.78, 5) is 2.48. The SMILES string of the molecule is CC1CN(CCCN)CCN1. The van der Waals surface area contributed by atoms with E-state index in [1.807, 2.05) is 0 Å². The highest BCUT2D eigenvalue weighted by molar-refractivity contribution is 4.74. The minimum absolute atomic E-state index is 0.654. The van der Waals surface area contributed by atoms with Gasteiger partial charge in [0.05, 0.1) is 0 Å². The lowest BCUT2D eigenvalue weighted by atomic mass is 10.2. The molecule has 0 aliphatic carbocycles. The predicted octanol–water partition coefficient (Wildman–Crippen LogP) is -0.371. The second kappa shape index (κ2) is 4.70. The molecule has 1 atom stereocenters. The van der Waals surface area contributed by atoms with Crippen LogP contribution < -0.4 is 11.1 Å². The van der Waals surface area contributed by atoms with Crippen LogP contribution in [0.15, 0.2) is 0 Å². The molecule has 3 heteroatoms. The van der Waals surface area contributed by atoms with Crippen molar-refractivity contribution in [3.05, 3.63) is 0 Å². The van der Waals surface area contributed by atoms with Gasteiger partial charge in [0.25, 0.3) is 0 Å². The van der Waals surface area contributed by atoms with Gasteiger partial charge >= 0.3 is 0 Å². The minimum atomic E-state index is 0.654. The summed E-state index contributed by atoms with van der Waals surface area (Å²) in [7, 11) is 0. The number of nitrogens with one attached hydrogen (secondary N) is 1. The maximum atomic E-state index is 5.44. The summed E-state index contributed by atoms with van der Waals surface area (Å²) in [6, 6.07) is 0.654. The first-order chi connectivity index (χ1) is 5.33. The molecule has 0 spiro atoms. The first-order valence-electron chi connectivity index (χ1n) is 4.48. The fourth-order valence-corrected chi connectivity index (χ4v) is 1.53. The van der Waals surface area contributed by atoms with E-state index in [0.717, 1.165) is 19.5 Å². The van der Waals surface area contributed by atoms with Crippen molar-refractivity contribution in [2.24, 2.45) is 5.73 Å². The van der Waals surface area contributed by atoms with Gasteiger partial charge in [-0.1, -0.05) is 0 Å². The topological polar surface area (TPSA) is 41.3 Å². The second-order valence-corrected chi connectivity index (χ2v) is 3.30. The Kier molecular flexibility index (Phi) is 3.83. The molecule has 0 radical (unpaired) electrons. The molecule has 0 aromatic rings. The maximum Gasteiger partial charge on any atom is 0.0167 e. The summed E-state index contributed by atoms with van der Waals surface area (Å²) in [5.41, 5.74) is 5.44. The van der Waals surface area contributed by atoms with Gasteiger partial charge < -0.3 is 16.0 Å². The van der Waals surface area contributed by atoms with Crippen LogP contribution in [-0.4, -0.2) is 43.7 Å². The first kappa shape index (κ1) is 8.97. The number of nitrogens with two attached hydrogens (primary N) is 1. The molecule has 1 fully saturated rings. The van der Waals surface area contributed by atoms with Crippen LogP contribution in [0.4, 0.5) is 0 Å². The van der Waals surface area contributed by atoms with Crippen LogP contribution in [0.1, 0.15) is 13.3 Å². The lowest BCUT2D eigenvalue weighted by Gasteiger charge is -2.31. The highest BCUT2D eigenvalue weighted by Crippen LogP contribution is 1.98. The van der Waals surface area contributed by atoms with Crippen molar-refractivity contribution in [3.63, 3.8) is 0 Å². The van der Waals surface area contributed by atoms with E-state index in [0.29, 0.717) is 6.04 Å². The van der Waals surface area contributed by atoms with Crippen LogP contribution in [0.3, 0.4) is 0 Å². The van der Waals surface area contributed by atoms with Crippen LogP contribution in [-0.2, 0) is 0 Å². The molecular formula is C8H19N3. The lowest BCUT2D eigenvalue weighted by molar-refractivity contribution is 0.206. The largest absolute Gasteiger partial charge is 0.330 e. The molecule has 3 nitrogen and oxygen atoms in total. The number of hydrogen-bond donors (Lipinski definition) is 2. The Bertz CT molecular complexity index is 106. The van der Waals surface area contributed by atoms with Crippen molar-refractivity contribution in [2.45, 2.75) is 19.4 Å². The van der Waals surface area contributed by atoms with Crippen LogP contribution >= 0.6 is 0 Å². The average molecular weight is 157 g/mol. The number of rotatable bonds is 3. The Morgan fingerprint density at radius 1 is 1.64 bits per heavy atom. The van der Waals surface area contributed by atoms with Crippen molar-refractivity contribution in [2.75, 3.05) is 32.7 Å². The number of piperazine rings is 1. The van der Waals surface area contributed by atoms with Crippen molar-refractivity contribution in [3.8, 4) is 0 Å². The Hall–Kier alpha value is -0.120. The van der Waals surface area contributed by atoms with Crippen molar-refractivity contribution in [1.29, 1.82) is 0 Å². The van der Waals surface area contributed by atoms with Gasteiger partial charge in [0.1, 0.15) is 0 Å². The van der Waals surface area contributed by atoms with E-state index >= 15 is 0 Å². The number of nitrogens with zero attached hydrogens (tertiary/aromatic N) is 1. The third kappa shape index (κ3) is 3.18. The van der Waals surface area contributed by atoms with Crippen molar-refractivity contribution in [1.82, 2.24) is 10.2 Å². The molecule has 1 rings (SSSR count). The quantitative estimate of drug-likeness (QED) is 0.587. The summed E-state index contributed by atoms with van der Waals surface area (Å²) >= 11 is 0. The molecule has 1 aliphatic heterocycles. The summed E-state index contributed by atoms with van der Waals surface area (Å²) in [5.74, 6) is 0. The molecule has 0 bridgehead atoms. The third-order valence-electron chi connectivity index (χ3n) is 2.13. The Labute approximate surface area is 68.9 Å². The van der Waals surface area contributed by atoms with Gasteiger partial charge in [-0.15, -0.1) is 0 Å². The Morgan fingerprint density at radius 2 is 2.45 bits per heavy atom. The molecule has 0 saturated carbocycles. The molecule has 1 saturated heterocycles. The van der Waals surface area contributed by atoms with E-state index in [1.165, 1.54) is 19.6 Å². The molecule has 66 valence electrons. The van der Waals surface area contributed by atoms with Crippen LogP contribution in [0, 0.1) is 0 Å². The molecule has 1 unspecified atom stereocenters. The smallest absolute Gasteiger partial charge is 0.0167 e. The molecular weight excluding hydrogens is 138 g/mol. The van der Waals surface area contributed by atoms with E-state index in [-0.39, 0.29) is 0 Å². The molecule has 3 N–H and O–H groups in total. The van der Waals surface area contributed by atoms with Gasteiger partial charge in [-0.2, -0.15) is 0 Å². The van der Waals surface area contributed by atoms with Gasteiger partial charge in [-0.05, 0) is 26.4 Å². The summed E-state index contributed by atoms with van der Waals surface area (Å²) in [6.07, 6.45) is 1.13. The van der Waals surface area contributed by atoms with Crippen LogP contribution in [0.2, 0.25) is 0 Å². The molecule has 1 aliphatic rings. The van der Waals surface area contributed by atoms with E-state index in [2.05, 4.69) is 17.1 Å². The van der Waals surface area contributed by atoms with Gasteiger partial charge in [0.2, 0.25) is 0 Å². The highest BCUT2D eigenvalue weighted by atomic mass is 15.2. The van der Waals surface area contributed by atoms with Crippen LogP contribution in [0.25, 0.3) is 0 Å². The fourth-order valence-electron chi connectivity index (χ4n) is 1.53. The van der Waals surface area contributed by atoms with Gasteiger partial charge in [0, 0.05) is 25.7 Å². The van der Waals surface area contributed by atoms with Crippen LogP contribution in [0.5, 0.6) is 0 Å². The standard InChI is InChI=1S/C8H19N3/c1-8-7-11(5-2-3-9)6-4-10-8/h8,10H,2-7,9H2,1H3. The summed E-state index contributed by atoms with van der Waals surface area (Å²) < 4.78 is 0. The fraction of sp³-hybridized carbons (Fsp3) is 1.00. The van der Waals surface area contributed by atoms with Crippen molar-refractivity contribution >= 4 is 0 Å². The molecule has 0 aromatic heterocycles.